The summed E-state index contributed by atoms with van der Waals surface area (Å²) in [5.74, 6) is -0.0531. The van der Waals surface area contributed by atoms with Crippen LogP contribution < -0.4 is 10.6 Å². The Bertz CT molecular complexity index is 1140. The molecule has 9 heteroatoms. The van der Waals surface area contributed by atoms with E-state index < -0.39 is 0 Å². The van der Waals surface area contributed by atoms with Crippen LogP contribution in [0.5, 0.6) is 0 Å². The second-order valence-corrected chi connectivity index (χ2v) is 9.34. The molecule has 0 saturated carbocycles. The molecule has 186 valence electrons. The maximum Gasteiger partial charge on any atom is 0.256 e. The van der Waals surface area contributed by atoms with Crippen molar-refractivity contribution in [2.75, 3.05) is 64.2 Å². The van der Waals surface area contributed by atoms with Crippen LogP contribution in [0.15, 0.2) is 59.6 Å². The number of benzene rings is 2. The van der Waals surface area contributed by atoms with Gasteiger partial charge in [0.15, 0.2) is 0 Å². The van der Waals surface area contributed by atoms with E-state index in [2.05, 4.69) is 38.4 Å². The second kappa shape index (κ2) is 12.7. The van der Waals surface area contributed by atoms with Gasteiger partial charge in [0.05, 0.1) is 31.1 Å². The van der Waals surface area contributed by atoms with Crippen molar-refractivity contribution < 1.29 is 19.1 Å². The van der Waals surface area contributed by atoms with E-state index in [1.165, 1.54) is 11.8 Å². The van der Waals surface area contributed by atoms with Crippen molar-refractivity contribution in [3.8, 4) is 0 Å². The first-order chi connectivity index (χ1) is 17.1. The zero-order valence-corrected chi connectivity index (χ0v) is 20.8. The van der Waals surface area contributed by atoms with E-state index in [1.54, 1.807) is 13.2 Å². The van der Waals surface area contributed by atoms with Gasteiger partial charge in [-0.3, -0.25) is 14.5 Å². The van der Waals surface area contributed by atoms with Gasteiger partial charge >= 0.3 is 0 Å². The average molecular weight is 497 g/mol. The monoisotopic (exact) mass is 496 g/mol. The minimum absolute atomic E-state index is 0.0918. The Morgan fingerprint density at radius 2 is 1.91 bits per heavy atom. The molecular weight excluding hydrogens is 464 g/mol. The van der Waals surface area contributed by atoms with Crippen LogP contribution >= 0.6 is 11.8 Å². The summed E-state index contributed by atoms with van der Waals surface area (Å²) in [5, 5.41) is 6.89. The second-order valence-electron chi connectivity index (χ2n) is 8.32. The molecule has 0 bridgehead atoms. The van der Waals surface area contributed by atoms with Gasteiger partial charge in [-0.25, -0.2) is 0 Å². The molecule has 2 heterocycles. The normalized spacial score (nSPS) is 14.2. The first-order valence-corrected chi connectivity index (χ1v) is 12.8. The molecule has 1 aliphatic heterocycles. The average Bonchev–Trinajstić information content (AvgIpc) is 3.29. The van der Waals surface area contributed by atoms with Crippen LogP contribution in [0, 0.1) is 0 Å². The molecule has 0 spiro atoms. The van der Waals surface area contributed by atoms with Gasteiger partial charge in [0.2, 0.25) is 5.91 Å². The molecule has 1 aromatic heterocycles. The summed E-state index contributed by atoms with van der Waals surface area (Å²) in [6.07, 6.45) is 2.10. The lowest BCUT2D eigenvalue weighted by Crippen LogP contribution is -2.38. The van der Waals surface area contributed by atoms with E-state index in [0.717, 1.165) is 60.9 Å². The number of hydrogen-bond donors (Lipinski definition) is 2. The van der Waals surface area contributed by atoms with Gasteiger partial charge in [-0.15, -0.1) is 11.8 Å². The van der Waals surface area contributed by atoms with Crippen LogP contribution in [-0.4, -0.2) is 80.1 Å². The lowest BCUT2D eigenvalue weighted by molar-refractivity contribution is -0.118. The number of anilines is 1. The summed E-state index contributed by atoms with van der Waals surface area (Å²) in [6.45, 7) is 6.41. The highest BCUT2D eigenvalue weighted by atomic mass is 32.2. The number of ether oxygens (including phenoxy) is 2. The van der Waals surface area contributed by atoms with Crippen LogP contribution in [0.25, 0.3) is 10.9 Å². The van der Waals surface area contributed by atoms with Crippen LogP contribution in [0.1, 0.15) is 10.4 Å². The van der Waals surface area contributed by atoms with Gasteiger partial charge in [0.25, 0.3) is 5.91 Å². The molecule has 2 amide bonds. The Kier molecular flexibility index (Phi) is 9.19. The Balaban J connectivity index is 1.36. The number of methoxy groups -OCH3 is 1. The van der Waals surface area contributed by atoms with E-state index in [4.69, 9.17) is 9.47 Å². The fourth-order valence-electron chi connectivity index (χ4n) is 4.01. The van der Waals surface area contributed by atoms with Gasteiger partial charge in [-0.1, -0.05) is 12.1 Å². The third-order valence-electron chi connectivity index (χ3n) is 5.91. The van der Waals surface area contributed by atoms with Crippen molar-refractivity contribution >= 4 is 40.2 Å². The molecule has 0 radical (unpaired) electrons. The van der Waals surface area contributed by atoms with E-state index in [-0.39, 0.29) is 17.6 Å². The predicted octanol–water partition coefficient (Wildman–Crippen LogP) is 3.08. The van der Waals surface area contributed by atoms with Crippen molar-refractivity contribution in [2.45, 2.75) is 11.4 Å². The molecule has 1 aliphatic rings. The van der Waals surface area contributed by atoms with Crippen LogP contribution in [0.2, 0.25) is 0 Å². The summed E-state index contributed by atoms with van der Waals surface area (Å²) in [4.78, 5) is 28.3. The Morgan fingerprint density at radius 3 is 2.74 bits per heavy atom. The molecule has 1 saturated heterocycles. The summed E-state index contributed by atoms with van der Waals surface area (Å²) >= 11 is 1.35. The highest BCUT2D eigenvalue weighted by Gasteiger charge is 2.14. The Morgan fingerprint density at radius 1 is 1.09 bits per heavy atom. The van der Waals surface area contributed by atoms with Gasteiger partial charge in [-0.05, 0) is 36.4 Å². The highest BCUT2D eigenvalue weighted by Crippen LogP contribution is 2.25. The quantitative estimate of drug-likeness (QED) is 0.314. The minimum Gasteiger partial charge on any atom is -0.383 e. The molecule has 2 N–H and O–H groups in total. The zero-order valence-electron chi connectivity index (χ0n) is 20.0. The summed E-state index contributed by atoms with van der Waals surface area (Å²) in [6, 6.07) is 15.4. The third-order valence-corrected chi connectivity index (χ3v) is 6.98. The lowest BCUT2D eigenvalue weighted by Gasteiger charge is -2.26. The lowest BCUT2D eigenvalue weighted by atomic mass is 10.2. The summed E-state index contributed by atoms with van der Waals surface area (Å²) in [7, 11) is 1.59. The first-order valence-electron chi connectivity index (χ1n) is 11.8. The van der Waals surface area contributed by atoms with Crippen molar-refractivity contribution in [1.29, 1.82) is 0 Å². The SMILES string of the molecule is COCCNC(=O)CSc1ccccc1C(=O)Nc1ccc2c(ccn2CCN2CCOCC2)c1. The van der Waals surface area contributed by atoms with Crippen molar-refractivity contribution in [3.05, 3.63) is 60.3 Å². The fraction of sp³-hybridized carbons (Fsp3) is 0.385. The van der Waals surface area contributed by atoms with Crippen LogP contribution in [-0.2, 0) is 20.8 Å². The largest absolute Gasteiger partial charge is 0.383 e. The number of hydrogen-bond acceptors (Lipinski definition) is 6. The molecular formula is C26H32N4O4S. The molecule has 35 heavy (non-hydrogen) atoms. The number of carbonyl (C=O) groups excluding carboxylic acids is 2. The zero-order chi connectivity index (χ0) is 24.5. The van der Waals surface area contributed by atoms with Gasteiger partial charge in [0, 0.05) is 67.5 Å². The topological polar surface area (TPSA) is 84.8 Å². The van der Waals surface area contributed by atoms with Crippen LogP contribution in [0.3, 0.4) is 0 Å². The standard InChI is InChI=1S/C26H32N4O4S/c1-33-15-9-27-25(31)19-35-24-5-3-2-4-22(24)26(32)28-21-6-7-23-20(18-21)8-10-30(23)12-11-29-13-16-34-17-14-29/h2-8,10,18H,9,11-17,19H2,1H3,(H,27,31)(H,28,32). The van der Waals surface area contributed by atoms with Gasteiger partial charge in [-0.2, -0.15) is 0 Å². The number of fused-ring (bicyclic) bond motifs is 1. The number of amides is 2. The summed E-state index contributed by atoms with van der Waals surface area (Å²) < 4.78 is 12.6. The van der Waals surface area contributed by atoms with Crippen molar-refractivity contribution in [1.82, 2.24) is 14.8 Å². The molecule has 1 fully saturated rings. The number of nitrogens with one attached hydrogen (secondary N) is 2. The number of morpholine rings is 1. The molecule has 0 unspecified atom stereocenters. The smallest absolute Gasteiger partial charge is 0.256 e. The fourth-order valence-corrected chi connectivity index (χ4v) is 4.89. The number of nitrogens with zero attached hydrogens (tertiary/aromatic N) is 2. The molecule has 0 atom stereocenters. The maximum absolute atomic E-state index is 13.0. The minimum atomic E-state index is -0.195. The molecule has 8 nitrogen and oxygen atoms in total. The number of carbonyl (C=O) groups is 2. The third kappa shape index (κ3) is 7.08. The Labute approximate surface area is 209 Å². The molecule has 2 aromatic carbocycles. The number of aromatic nitrogens is 1. The van der Waals surface area contributed by atoms with E-state index in [1.807, 2.05) is 30.3 Å². The number of thioether (sulfide) groups is 1. The van der Waals surface area contributed by atoms with Crippen molar-refractivity contribution in [2.24, 2.45) is 0 Å². The molecule has 0 aliphatic carbocycles. The highest BCUT2D eigenvalue weighted by molar-refractivity contribution is 8.00. The van der Waals surface area contributed by atoms with Crippen LogP contribution in [0.4, 0.5) is 5.69 Å². The van der Waals surface area contributed by atoms with Crippen molar-refractivity contribution in [3.63, 3.8) is 0 Å². The van der Waals surface area contributed by atoms with E-state index in [9.17, 15) is 9.59 Å². The molecule has 4 rings (SSSR count). The van der Waals surface area contributed by atoms with Gasteiger partial charge < -0.3 is 24.7 Å². The summed E-state index contributed by atoms with van der Waals surface area (Å²) in [5.41, 5.74) is 2.43. The molecule has 3 aromatic rings. The number of rotatable bonds is 11. The Hall–Kier alpha value is -2.85. The van der Waals surface area contributed by atoms with Gasteiger partial charge in [0.1, 0.15) is 0 Å². The predicted molar refractivity (Wildman–Crippen MR) is 139 cm³/mol. The maximum atomic E-state index is 13.0. The van der Waals surface area contributed by atoms with E-state index in [0.29, 0.717) is 18.7 Å². The first kappa shape index (κ1) is 25.2. The van der Waals surface area contributed by atoms with E-state index >= 15 is 0 Å².